The van der Waals surface area contributed by atoms with Gasteiger partial charge in [0.05, 0.1) is 11.4 Å². The number of nitrogens with one attached hydrogen (secondary N) is 1. The van der Waals surface area contributed by atoms with Gasteiger partial charge >= 0.3 is 0 Å². The van der Waals surface area contributed by atoms with E-state index in [2.05, 4.69) is 10.5 Å². The normalized spacial score (nSPS) is 10.5. The van der Waals surface area contributed by atoms with Gasteiger partial charge in [0, 0.05) is 0 Å². The van der Waals surface area contributed by atoms with Crippen LogP contribution in [0.4, 0.5) is 5.69 Å². The minimum atomic E-state index is -0.254. The fraction of sp³-hybridized carbons (Fsp3) is 0.200. The fourth-order valence-electron chi connectivity index (χ4n) is 2.60. The van der Waals surface area contributed by atoms with Crippen molar-refractivity contribution in [1.29, 1.82) is 0 Å². The highest BCUT2D eigenvalue weighted by atomic mass is 16.5. The molecule has 0 spiro atoms. The minimum Gasteiger partial charge on any atom is -0.455 e. The number of carbonyl (C=O) groups excluding carboxylic acids is 1. The third kappa shape index (κ3) is 3.71. The fourth-order valence-corrected chi connectivity index (χ4v) is 2.60. The zero-order valence-corrected chi connectivity index (χ0v) is 14.5. The number of hydrogen-bond acceptors (Lipinski definition) is 4. The Morgan fingerprint density at radius 3 is 2.72 bits per heavy atom. The van der Waals surface area contributed by atoms with E-state index in [1.165, 1.54) is 0 Å². The number of para-hydroxylation sites is 2. The summed E-state index contributed by atoms with van der Waals surface area (Å²) in [6, 6.07) is 15.1. The van der Waals surface area contributed by atoms with Crippen LogP contribution in [0.15, 0.2) is 53.1 Å². The zero-order chi connectivity index (χ0) is 17.8. The van der Waals surface area contributed by atoms with Gasteiger partial charge < -0.3 is 14.6 Å². The molecule has 3 rings (SSSR count). The van der Waals surface area contributed by atoms with Gasteiger partial charge in [0.2, 0.25) is 0 Å². The molecule has 0 bridgehead atoms. The first-order chi connectivity index (χ1) is 12.1. The number of carbonyl (C=O) groups is 1. The van der Waals surface area contributed by atoms with Crippen molar-refractivity contribution in [2.24, 2.45) is 0 Å². The van der Waals surface area contributed by atoms with Crippen molar-refractivity contribution < 1.29 is 14.1 Å². The van der Waals surface area contributed by atoms with Crippen LogP contribution in [0.5, 0.6) is 11.5 Å². The summed E-state index contributed by atoms with van der Waals surface area (Å²) < 4.78 is 11.1. The summed E-state index contributed by atoms with van der Waals surface area (Å²) >= 11 is 0. The Balaban J connectivity index is 1.86. The Bertz CT molecular complexity index is 899. The number of anilines is 1. The predicted octanol–water partition coefficient (Wildman–Crippen LogP) is 4.90. The highest BCUT2D eigenvalue weighted by Gasteiger charge is 2.20. The number of ether oxygens (including phenoxy) is 1. The molecule has 0 aliphatic rings. The number of benzene rings is 2. The molecule has 1 aromatic heterocycles. The van der Waals surface area contributed by atoms with E-state index in [0.29, 0.717) is 34.9 Å². The largest absolute Gasteiger partial charge is 0.455 e. The van der Waals surface area contributed by atoms with E-state index in [4.69, 9.17) is 9.26 Å². The van der Waals surface area contributed by atoms with Crippen LogP contribution < -0.4 is 10.1 Å². The molecule has 5 heteroatoms. The van der Waals surface area contributed by atoms with Gasteiger partial charge in [0.15, 0.2) is 5.75 Å². The molecule has 1 amide bonds. The molecule has 1 heterocycles. The highest BCUT2D eigenvalue weighted by Crippen LogP contribution is 2.30. The smallest absolute Gasteiger partial charge is 0.261 e. The number of nitrogens with zero attached hydrogens (tertiary/aromatic N) is 1. The first kappa shape index (κ1) is 16.8. The maximum atomic E-state index is 12.7. The SMILES string of the molecule is CCc1noc(C)c1C(=O)Nc1ccccc1Oc1cccc(C)c1. The van der Waals surface area contributed by atoms with Gasteiger partial charge in [-0.2, -0.15) is 0 Å². The first-order valence-electron chi connectivity index (χ1n) is 8.18. The number of aryl methyl sites for hydroxylation is 3. The summed E-state index contributed by atoms with van der Waals surface area (Å²) in [5, 5.41) is 6.83. The topological polar surface area (TPSA) is 64.4 Å². The summed E-state index contributed by atoms with van der Waals surface area (Å²) in [4.78, 5) is 12.7. The van der Waals surface area contributed by atoms with Gasteiger partial charge in [-0.25, -0.2) is 0 Å². The van der Waals surface area contributed by atoms with Crippen molar-refractivity contribution in [3.63, 3.8) is 0 Å². The Kier molecular flexibility index (Phi) is 4.84. The average Bonchev–Trinajstić information content (AvgIpc) is 2.97. The summed E-state index contributed by atoms with van der Waals surface area (Å²) in [6.45, 7) is 5.67. The van der Waals surface area contributed by atoms with E-state index in [1.54, 1.807) is 13.0 Å². The van der Waals surface area contributed by atoms with Crippen LogP contribution in [0.1, 0.15) is 34.3 Å². The molecule has 5 nitrogen and oxygen atoms in total. The second kappa shape index (κ2) is 7.21. The Morgan fingerprint density at radius 1 is 1.16 bits per heavy atom. The monoisotopic (exact) mass is 336 g/mol. The molecular formula is C20H20N2O3. The van der Waals surface area contributed by atoms with Crippen molar-refractivity contribution in [1.82, 2.24) is 5.16 Å². The lowest BCUT2D eigenvalue weighted by Gasteiger charge is -2.12. The summed E-state index contributed by atoms with van der Waals surface area (Å²) in [7, 11) is 0. The third-order valence-corrected chi connectivity index (χ3v) is 3.85. The van der Waals surface area contributed by atoms with Crippen molar-refractivity contribution in [3.05, 3.63) is 71.1 Å². The molecule has 0 saturated heterocycles. The lowest BCUT2D eigenvalue weighted by Crippen LogP contribution is -2.14. The lowest BCUT2D eigenvalue weighted by molar-refractivity contribution is 0.102. The molecular weight excluding hydrogens is 316 g/mol. The molecule has 0 unspecified atom stereocenters. The van der Waals surface area contributed by atoms with Crippen molar-refractivity contribution >= 4 is 11.6 Å². The van der Waals surface area contributed by atoms with Gasteiger partial charge in [-0.15, -0.1) is 0 Å². The third-order valence-electron chi connectivity index (χ3n) is 3.85. The molecule has 3 aromatic rings. The zero-order valence-electron chi connectivity index (χ0n) is 14.5. The standard InChI is InChI=1S/C20H20N2O3/c1-4-16-19(14(3)25-22-16)20(23)21-17-10-5-6-11-18(17)24-15-9-7-8-13(2)12-15/h5-12H,4H2,1-3H3,(H,21,23). The van der Waals surface area contributed by atoms with E-state index in [0.717, 1.165) is 11.3 Å². The van der Waals surface area contributed by atoms with Crippen LogP contribution in [0, 0.1) is 13.8 Å². The maximum Gasteiger partial charge on any atom is 0.261 e. The summed E-state index contributed by atoms with van der Waals surface area (Å²) in [6.07, 6.45) is 0.627. The Morgan fingerprint density at radius 2 is 1.96 bits per heavy atom. The molecule has 0 radical (unpaired) electrons. The molecule has 0 fully saturated rings. The van der Waals surface area contributed by atoms with Crippen LogP contribution in [0.2, 0.25) is 0 Å². The van der Waals surface area contributed by atoms with Crippen LogP contribution in [-0.4, -0.2) is 11.1 Å². The molecule has 25 heavy (non-hydrogen) atoms. The average molecular weight is 336 g/mol. The summed E-state index contributed by atoms with van der Waals surface area (Å²) in [5.41, 5.74) is 2.82. The van der Waals surface area contributed by atoms with E-state index >= 15 is 0 Å². The van der Waals surface area contributed by atoms with E-state index < -0.39 is 0 Å². The van der Waals surface area contributed by atoms with Gasteiger partial charge in [0.25, 0.3) is 5.91 Å². The molecule has 0 aliphatic heterocycles. The second-order valence-electron chi connectivity index (χ2n) is 5.78. The lowest BCUT2D eigenvalue weighted by atomic mass is 10.1. The number of hydrogen-bond donors (Lipinski definition) is 1. The molecule has 0 aliphatic carbocycles. The van der Waals surface area contributed by atoms with Crippen molar-refractivity contribution in [2.75, 3.05) is 5.32 Å². The maximum absolute atomic E-state index is 12.7. The van der Waals surface area contributed by atoms with Crippen LogP contribution in [0.25, 0.3) is 0 Å². The summed E-state index contributed by atoms with van der Waals surface area (Å²) in [5.74, 6) is 1.55. The first-order valence-corrected chi connectivity index (χ1v) is 8.18. The van der Waals surface area contributed by atoms with Gasteiger partial charge in [0.1, 0.15) is 17.1 Å². The van der Waals surface area contributed by atoms with Gasteiger partial charge in [-0.1, -0.05) is 36.3 Å². The Labute approximate surface area is 146 Å². The number of amides is 1. The predicted molar refractivity (Wildman–Crippen MR) is 96.3 cm³/mol. The van der Waals surface area contributed by atoms with E-state index in [1.807, 2.05) is 56.3 Å². The van der Waals surface area contributed by atoms with Crippen LogP contribution in [0.3, 0.4) is 0 Å². The van der Waals surface area contributed by atoms with Crippen LogP contribution in [-0.2, 0) is 6.42 Å². The molecule has 0 atom stereocenters. The second-order valence-corrected chi connectivity index (χ2v) is 5.78. The highest BCUT2D eigenvalue weighted by molar-refractivity contribution is 6.06. The molecule has 0 saturated carbocycles. The molecule has 2 aromatic carbocycles. The van der Waals surface area contributed by atoms with E-state index in [9.17, 15) is 4.79 Å². The molecule has 128 valence electrons. The van der Waals surface area contributed by atoms with Gasteiger partial charge in [-0.3, -0.25) is 4.79 Å². The number of aromatic nitrogens is 1. The minimum absolute atomic E-state index is 0.254. The quantitative estimate of drug-likeness (QED) is 0.720. The van der Waals surface area contributed by atoms with E-state index in [-0.39, 0.29) is 5.91 Å². The Hall–Kier alpha value is -3.08. The number of rotatable bonds is 5. The van der Waals surface area contributed by atoms with Crippen molar-refractivity contribution in [2.45, 2.75) is 27.2 Å². The van der Waals surface area contributed by atoms with Crippen LogP contribution >= 0.6 is 0 Å². The van der Waals surface area contributed by atoms with Crippen molar-refractivity contribution in [3.8, 4) is 11.5 Å². The van der Waals surface area contributed by atoms with Gasteiger partial charge in [-0.05, 0) is 50.1 Å². The molecule has 1 N–H and O–H groups in total.